The van der Waals surface area contributed by atoms with Gasteiger partial charge in [0, 0.05) is 25.7 Å². The molecule has 1 aromatic carbocycles. The number of halogens is 3. The topological polar surface area (TPSA) is 94.4 Å². The van der Waals surface area contributed by atoms with Crippen LogP contribution in [0.2, 0.25) is 0 Å². The number of anilines is 2. The van der Waals surface area contributed by atoms with Gasteiger partial charge in [-0.3, -0.25) is 9.69 Å². The number of likely N-dealkylation sites (tertiary alicyclic amines) is 1. The van der Waals surface area contributed by atoms with E-state index in [9.17, 15) is 18.0 Å². The maximum absolute atomic E-state index is 12.4. The Hall–Kier alpha value is -3.21. The predicted octanol–water partition coefficient (Wildman–Crippen LogP) is 3.75. The minimum atomic E-state index is -4.26. The molecule has 0 aliphatic carbocycles. The fourth-order valence-corrected chi connectivity index (χ4v) is 4.20. The monoisotopic (exact) mass is 476 g/mol. The molecule has 0 spiro atoms. The number of carbonyl (C=O) groups is 1. The highest BCUT2D eigenvalue weighted by molar-refractivity contribution is 6.04. The summed E-state index contributed by atoms with van der Waals surface area (Å²) in [5.74, 6) is 0.120. The Labute approximate surface area is 195 Å². The largest absolute Gasteiger partial charge is 0.463 e. The van der Waals surface area contributed by atoms with Crippen LogP contribution in [0.5, 0.6) is 6.01 Å². The second-order valence-corrected chi connectivity index (χ2v) is 8.51. The maximum atomic E-state index is 12.4. The Bertz CT molecular complexity index is 1040. The Morgan fingerprint density at radius 1 is 1.15 bits per heavy atom. The number of ether oxygens (including phenoxy) is 1. The van der Waals surface area contributed by atoms with E-state index in [1.165, 1.54) is 18.4 Å². The van der Waals surface area contributed by atoms with Crippen molar-refractivity contribution in [2.45, 2.75) is 44.9 Å². The standard InChI is InChI=1S/C23H27F3N6O2/c24-23(25,26)7-4-10-34-22-28-18(12-27)20-21(30-22)32(15-19(33)29-20)14-17-6-3-5-16(11-17)13-31-8-1-2-9-31/h3,5-6,11-12,27H,1-2,4,7-10,13-15H2,(H,29,33). The third-order valence-corrected chi connectivity index (χ3v) is 5.74. The number of alkyl halides is 3. The van der Waals surface area contributed by atoms with Gasteiger partial charge in [0.25, 0.3) is 0 Å². The predicted molar refractivity (Wildman–Crippen MR) is 121 cm³/mol. The van der Waals surface area contributed by atoms with Gasteiger partial charge in [-0.15, -0.1) is 0 Å². The molecule has 1 amide bonds. The van der Waals surface area contributed by atoms with Gasteiger partial charge in [-0.1, -0.05) is 24.3 Å². The van der Waals surface area contributed by atoms with E-state index < -0.39 is 12.6 Å². The molecule has 1 aromatic heterocycles. The van der Waals surface area contributed by atoms with Crippen LogP contribution in [0.3, 0.4) is 0 Å². The number of nitrogens with zero attached hydrogens (tertiary/aromatic N) is 4. The molecular weight excluding hydrogens is 449 g/mol. The van der Waals surface area contributed by atoms with Crippen LogP contribution in [0.1, 0.15) is 42.5 Å². The van der Waals surface area contributed by atoms with Crippen LogP contribution in [0.4, 0.5) is 24.7 Å². The van der Waals surface area contributed by atoms with Crippen LogP contribution >= 0.6 is 0 Å². The van der Waals surface area contributed by atoms with Crippen molar-refractivity contribution in [2.75, 3.05) is 36.5 Å². The van der Waals surface area contributed by atoms with Crippen LogP contribution in [0.15, 0.2) is 24.3 Å². The molecule has 4 rings (SSSR count). The summed E-state index contributed by atoms with van der Waals surface area (Å²) in [6.07, 6.45) is -2.06. The van der Waals surface area contributed by atoms with Gasteiger partial charge in [0.15, 0.2) is 5.82 Å². The maximum Gasteiger partial charge on any atom is 0.389 e. The zero-order chi connectivity index (χ0) is 24.1. The lowest BCUT2D eigenvalue weighted by atomic mass is 10.1. The summed E-state index contributed by atoms with van der Waals surface area (Å²) in [7, 11) is 0. The highest BCUT2D eigenvalue weighted by atomic mass is 19.4. The SMILES string of the molecule is N=Cc1nc(OCCCC(F)(F)F)nc2c1NC(=O)CN2Cc1cccc(CN2CCCC2)c1. The zero-order valence-electron chi connectivity index (χ0n) is 18.7. The van der Waals surface area contributed by atoms with E-state index in [0.29, 0.717) is 18.1 Å². The van der Waals surface area contributed by atoms with Crippen LogP contribution in [-0.4, -0.2) is 59.4 Å². The van der Waals surface area contributed by atoms with Crippen molar-refractivity contribution in [3.63, 3.8) is 0 Å². The first-order valence-corrected chi connectivity index (χ1v) is 11.3. The summed E-state index contributed by atoms with van der Waals surface area (Å²) in [6.45, 7) is 3.31. The van der Waals surface area contributed by atoms with E-state index in [4.69, 9.17) is 10.1 Å². The number of hydrogen-bond acceptors (Lipinski definition) is 7. The van der Waals surface area contributed by atoms with Crippen molar-refractivity contribution in [1.82, 2.24) is 14.9 Å². The van der Waals surface area contributed by atoms with Crippen LogP contribution in [0.25, 0.3) is 0 Å². The summed E-state index contributed by atoms with van der Waals surface area (Å²) in [4.78, 5) is 25.0. The fourth-order valence-electron chi connectivity index (χ4n) is 4.20. The van der Waals surface area contributed by atoms with Crippen LogP contribution in [0, 0.1) is 5.41 Å². The van der Waals surface area contributed by atoms with E-state index in [-0.39, 0.29) is 37.2 Å². The summed E-state index contributed by atoms with van der Waals surface area (Å²) in [6, 6.07) is 8.04. The Balaban J connectivity index is 1.52. The number of rotatable bonds is 9. The second-order valence-electron chi connectivity index (χ2n) is 8.51. The lowest BCUT2D eigenvalue weighted by Gasteiger charge is -2.30. The van der Waals surface area contributed by atoms with Gasteiger partial charge < -0.3 is 20.4 Å². The van der Waals surface area contributed by atoms with Gasteiger partial charge in [0.1, 0.15) is 11.4 Å². The molecule has 0 unspecified atom stereocenters. The third-order valence-electron chi connectivity index (χ3n) is 5.74. The first-order valence-electron chi connectivity index (χ1n) is 11.3. The number of amides is 1. The molecule has 8 nitrogen and oxygen atoms in total. The molecule has 0 atom stereocenters. The van der Waals surface area contributed by atoms with Crippen molar-refractivity contribution < 1.29 is 22.7 Å². The van der Waals surface area contributed by atoms with Gasteiger partial charge in [0.2, 0.25) is 5.91 Å². The Kier molecular flexibility index (Phi) is 7.30. The summed E-state index contributed by atoms with van der Waals surface area (Å²) in [5.41, 5.74) is 2.62. The number of carbonyl (C=O) groups excluding carboxylic acids is 1. The number of benzene rings is 1. The molecule has 0 radical (unpaired) electrons. The minimum absolute atomic E-state index is 0.0469. The van der Waals surface area contributed by atoms with Gasteiger partial charge in [-0.25, -0.2) is 0 Å². The van der Waals surface area contributed by atoms with Gasteiger partial charge in [0.05, 0.1) is 13.2 Å². The summed E-state index contributed by atoms with van der Waals surface area (Å²) < 4.78 is 42.5. The lowest BCUT2D eigenvalue weighted by molar-refractivity contribution is -0.136. The molecule has 2 aliphatic heterocycles. The number of nitrogens with one attached hydrogen (secondary N) is 2. The number of aromatic nitrogens is 2. The highest BCUT2D eigenvalue weighted by Gasteiger charge is 2.29. The van der Waals surface area contributed by atoms with E-state index in [1.54, 1.807) is 4.90 Å². The fraction of sp³-hybridized carbons (Fsp3) is 0.478. The molecule has 0 saturated carbocycles. The normalized spacial score (nSPS) is 16.3. The van der Waals surface area contributed by atoms with Crippen molar-refractivity contribution in [1.29, 1.82) is 5.41 Å². The molecule has 182 valence electrons. The van der Waals surface area contributed by atoms with Gasteiger partial charge >= 0.3 is 12.2 Å². The van der Waals surface area contributed by atoms with Crippen LogP contribution in [-0.2, 0) is 17.9 Å². The molecule has 1 saturated heterocycles. The average molecular weight is 477 g/mol. The number of fused-ring (bicyclic) bond motifs is 1. The first-order chi connectivity index (χ1) is 16.3. The molecule has 1 fully saturated rings. The summed E-state index contributed by atoms with van der Waals surface area (Å²) in [5, 5.41) is 10.4. The second kappa shape index (κ2) is 10.4. The molecule has 3 heterocycles. The average Bonchev–Trinajstić information content (AvgIpc) is 3.29. The van der Waals surface area contributed by atoms with Crippen LogP contribution < -0.4 is 15.0 Å². The van der Waals surface area contributed by atoms with Crippen molar-refractivity contribution >= 4 is 23.6 Å². The quantitative estimate of drug-likeness (QED) is 0.423. The Morgan fingerprint density at radius 2 is 1.88 bits per heavy atom. The lowest BCUT2D eigenvalue weighted by Crippen LogP contribution is -2.39. The van der Waals surface area contributed by atoms with E-state index in [0.717, 1.165) is 31.4 Å². The first kappa shape index (κ1) is 23.9. The Morgan fingerprint density at radius 3 is 2.59 bits per heavy atom. The molecule has 11 heteroatoms. The van der Waals surface area contributed by atoms with E-state index in [2.05, 4.69) is 32.3 Å². The number of hydrogen-bond donors (Lipinski definition) is 2. The molecule has 2 aromatic rings. The van der Waals surface area contributed by atoms with Crippen molar-refractivity contribution in [3.05, 3.63) is 41.1 Å². The minimum Gasteiger partial charge on any atom is -0.463 e. The van der Waals surface area contributed by atoms with E-state index >= 15 is 0 Å². The van der Waals surface area contributed by atoms with Gasteiger partial charge in [-0.2, -0.15) is 23.1 Å². The zero-order valence-corrected chi connectivity index (χ0v) is 18.7. The van der Waals surface area contributed by atoms with Gasteiger partial charge in [-0.05, 0) is 43.5 Å². The van der Waals surface area contributed by atoms with E-state index in [1.807, 2.05) is 12.1 Å². The highest BCUT2D eigenvalue weighted by Crippen LogP contribution is 2.32. The molecule has 0 bridgehead atoms. The summed E-state index contributed by atoms with van der Waals surface area (Å²) >= 11 is 0. The molecule has 2 aliphatic rings. The molecule has 34 heavy (non-hydrogen) atoms. The smallest absolute Gasteiger partial charge is 0.389 e. The third kappa shape index (κ3) is 6.22. The van der Waals surface area contributed by atoms with Crippen molar-refractivity contribution in [3.8, 4) is 6.01 Å². The molecule has 2 N–H and O–H groups in total. The molecular formula is C23H27F3N6O2. The van der Waals surface area contributed by atoms with Crippen molar-refractivity contribution in [2.24, 2.45) is 0 Å².